The molecule has 0 saturated carbocycles. The molecule has 0 aliphatic carbocycles. The lowest BCUT2D eigenvalue weighted by molar-refractivity contribution is -0.138. The molecule has 1 atom stereocenters. The molecule has 1 aliphatic rings. The molecular weight excluding hydrogens is 308 g/mol. The van der Waals surface area contributed by atoms with Crippen molar-refractivity contribution in [2.75, 3.05) is 12.8 Å². The zero-order valence-electron chi connectivity index (χ0n) is 13.2. The number of anilines is 1. The van der Waals surface area contributed by atoms with Crippen LogP contribution in [0.25, 0.3) is 0 Å². The van der Waals surface area contributed by atoms with Crippen LogP contribution < -0.4 is 10.5 Å². The number of nitrogen functional groups attached to an aromatic ring is 1. The Hall–Kier alpha value is -3.02. The van der Waals surface area contributed by atoms with E-state index < -0.39 is 12.0 Å². The van der Waals surface area contributed by atoms with Gasteiger partial charge in [-0.2, -0.15) is 0 Å². The van der Waals surface area contributed by atoms with Crippen LogP contribution in [-0.4, -0.2) is 29.0 Å². The summed E-state index contributed by atoms with van der Waals surface area (Å²) in [5.41, 5.74) is 8.56. The Balaban J connectivity index is 1.97. The minimum atomic E-state index is -0.965. The topological polar surface area (TPSA) is 92.9 Å². The lowest BCUT2D eigenvalue weighted by Gasteiger charge is -2.27. The summed E-state index contributed by atoms with van der Waals surface area (Å²) in [6.07, 6.45) is -0.175. The number of benzene rings is 2. The average molecular weight is 326 g/mol. The van der Waals surface area contributed by atoms with E-state index in [1.165, 1.54) is 0 Å². The first kappa shape index (κ1) is 15.9. The number of amides is 1. The number of carbonyl (C=O) groups excluding carboxylic acids is 1. The number of aliphatic carboxylic acids is 1. The third-order valence-corrected chi connectivity index (χ3v) is 4.28. The molecule has 1 aliphatic heterocycles. The molecule has 0 aromatic heterocycles. The highest BCUT2D eigenvalue weighted by Gasteiger charge is 2.35. The molecule has 1 unspecified atom stereocenters. The van der Waals surface area contributed by atoms with Crippen LogP contribution in [-0.2, 0) is 11.3 Å². The highest BCUT2D eigenvalue weighted by Crippen LogP contribution is 2.36. The summed E-state index contributed by atoms with van der Waals surface area (Å²) >= 11 is 0. The van der Waals surface area contributed by atoms with Crippen molar-refractivity contribution in [2.45, 2.75) is 19.0 Å². The molecule has 0 saturated heterocycles. The summed E-state index contributed by atoms with van der Waals surface area (Å²) in [7, 11) is 1.56. The Labute approximate surface area is 139 Å². The monoisotopic (exact) mass is 326 g/mol. The molecule has 1 amide bonds. The average Bonchev–Trinajstić information content (AvgIpc) is 2.91. The van der Waals surface area contributed by atoms with Gasteiger partial charge in [-0.25, -0.2) is 0 Å². The molecule has 2 aromatic carbocycles. The van der Waals surface area contributed by atoms with Crippen LogP contribution in [0.1, 0.15) is 33.9 Å². The largest absolute Gasteiger partial charge is 0.497 e. The highest BCUT2D eigenvalue weighted by atomic mass is 16.5. The number of nitrogens with two attached hydrogens (primary N) is 1. The summed E-state index contributed by atoms with van der Waals surface area (Å²) in [5, 5.41) is 9.28. The first-order valence-corrected chi connectivity index (χ1v) is 7.55. The number of carbonyl (C=O) groups is 2. The first-order valence-electron chi connectivity index (χ1n) is 7.55. The SMILES string of the molecule is COc1ccc(C(CC(=O)O)N2Cc3c(N)cccc3C2=O)cc1. The molecule has 24 heavy (non-hydrogen) atoms. The number of nitrogens with zero attached hydrogens (tertiary/aromatic N) is 1. The highest BCUT2D eigenvalue weighted by molar-refractivity contribution is 6.00. The summed E-state index contributed by atoms with van der Waals surface area (Å²) < 4.78 is 5.13. The third kappa shape index (κ3) is 2.78. The second kappa shape index (κ2) is 6.23. The maximum Gasteiger partial charge on any atom is 0.305 e. The first-order chi connectivity index (χ1) is 11.5. The van der Waals surface area contributed by atoms with E-state index in [1.54, 1.807) is 54.5 Å². The van der Waals surface area contributed by atoms with Crippen molar-refractivity contribution >= 4 is 17.6 Å². The van der Waals surface area contributed by atoms with Crippen LogP contribution in [0.15, 0.2) is 42.5 Å². The number of hydrogen-bond acceptors (Lipinski definition) is 4. The molecule has 0 bridgehead atoms. The van der Waals surface area contributed by atoms with Gasteiger partial charge in [0.15, 0.2) is 0 Å². The fourth-order valence-electron chi connectivity index (χ4n) is 3.03. The zero-order valence-corrected chi connectivity index (χ0v) is 13.2. The van der Waals surface area contributed by atoms with Crippen molar-refractivity contribution in [3.63, 3.8) is 0 Å². The molecule has 0 radical (unpaired) electrons. The summed E-state index contributed by atoms with van der Waals surface area (Å²) in [6, 6.07) is 11.7. The van der Waals surface area contributed by atoms with E-state index in [2.05, 4.69) is 0 Å². The summed E-state index contributed by atoms with van der Waals surface area (Å²) in [5.74, 6) is -0.486. The molecule has 124 valence electrons. The molecule has 6 nitrogen and oxygen atoms in total. The fourth-order valence-corrected chi connectivity index (χ4v) is 3.03. The number of carboxylic acids is 1. The minimum Gasteiger partial charge on any atom is -0.497 e. The molecule has 0 spiro atoms. The molecule has 3 N–H and O–H groups in total. The standard InChI is InChI=1S/C18H18N2O4/c1-24-12-7-5-11(6-8-12)16(9-17(21)22)20-10-14-13(18(20)23)3-2-4-15(14)19/h2-8,16H,9-10,19H2,1H3,(H,21,22). The smallest absolute Gasteiger partial charge is 0.305 e. The van der Waals surface area contributed by atoms with Gasteiger partial charge in [-0.05, 0) is 29.8 Å². The van der Waals surface area contributed by atoms with Gasteiger partial charge in [-0.1, -0.05) is 18.2 Å². The van der Waals surface area contributed by atoms with E-state index in [-0.39, 0.29) is 12.3 Å². The summed E-state index contributed by atoms with van der Waals surface area (Å²) in [6.45, 7) is 0.310. The Morgan fingerprint density at radius 1 is 1.29 bits per heavy atom. The van der Waals surface area contributed by atoms with Gasteiger partial charge < -0.3 is 20.5 Å². The maximum absolute atomic E-state index is 12.7. The Kier molecular flexibility index (Phi) is 4.12. The number of rotatable bonds is 5. The van der Waals surface area contributed by atoms with Crippen LogP contribution in [0, 0.1) is 0 Å². The Morgan fingerprint density at radius 2 is 2.00 bits per heavy atom. The normalized spacial score (nSPS) is 14.4. The van der Waals surface area contributed by atoms with Crippen molar-refractivity contribution < 1.29 is 19.4 Å². The van der Waals surface area contributed by atoms with E-state index in [9.17, 15) is 14.7 Å². The van der Waals surface area contributed by atoms with Gasteiger partial charge in [0.2, 0.25) is 0 Å². The van der Waals surface area contributed by atoms with Crippen LogP contribution in [0.4, 0.5) is 5.69 Å². The van der Waals surface area contributed by atoms with E-state index in [0.29, 0.717) is 23.5 Å². The van der Waals surface area contributed by atoms with Crippen molar-refractivity contribution in [3.8, 4) is 5.75 Å². The van der Waals surface area contributed by atoms with Crippen molar-refractivity contribution in [3.05, 3.63) is 59.2 Å². The molecule has 6 heteroatoms. The number of carboxylic acid groups (broad SMARTS) is 1. The summed E-state index contributed by atoms with van der Waals surface area (Å²) in [4.78, 5) is 25.6. The van der Waals surface area contributed by atoms with Crippen LogP contribution in [0.3, 0.4) is 0 Å². The molecule has 2 aromatic rings. The molecule has 3 rings (SSSR count). The van der Waals surface area contributed by atoms with Crippen molar-refractivity contribution in [1.29, 1.82) is 0 Å². The minimum absolute atomic E-state index is 0.175. The van der Waals surface area contributed by atoms with Crippen LogP contribution in [0.2, 0.25) is 0 Å². The maximum atomic E-state index is 12.7. The van der Waals surface area contributed by atoms with Gasteiger partial charge in [0.05, 0.1) is 19.6 Å². The lowest BCUT2D eigenvalue weighted by atomic mass is 10.0. The van der Waals surface area contributed by atoms with E-state index in [0.717, 1.165) is 11.1 Å². The van der Waals surface area contributed by atoms with Gasteiger partial charge in [-0.15, -0.1) is 0 Å². The number of fused-ring (bicyclic) bond motifs is 1. The van der Waals surface area contributed by atoms with Gasteiger partial charge in [0.1, 0.15) is 5.75 Å². The second-order valence-electron chi connectivity index (χ2n) is 5.69. The zero-order chi connectivity index (χ0) is 17.3. The Morgan fingerprint density at radius 3 is 2.58 bits per heavy atom. The Bertz CT molecular complexity index is 786. The predicted octanol–water partition coefficient (Wildman–Crippen LogP) is 2.45. The molecule has 0 fully saturated rings. The van der Waals surface area contributed by atoms with Crippen LogP contribution >= 0.6 is 0 Å². The fraction of sp³-hybridized carbons (Fsp3) is 0.222. The predicted molar refractivity (Wildman–Crippen MR) is 88.7 cm³/mol. The van der Waals surface area contributed by atoms with Gasteiger partial charge in [-0.3, -0.25) is 9.59 Å². The van der Waals surface area contributed by atoms with Gasteiger partial charge in [0, 0.05) is 23.4 Å². The van der Waals surface area contributed by atoms with E-state index in [4.69, 9.17) is 10.5 Å². The van der Waals surface area contributed by atoms with E-state index in [1.807, 2.05) is 0 Å². The number of hydrogen-bond donors (Lipinski definition) is 2. The lowest BCUT2D eigenvalue weighted by Crippen LogP contribution is -2.30. The van der Waals surface area contributed by atoms with Crippen molar-refractivity contribution in [1.82, 2.24) is 4.90 Å². The third-order valence-electron chi connectivity index (χ3n) is 4.28. The number of ether oxygens (including phenoxy) is 1. The quantitative estimate of drug-likeness (QED) is 0.823. The number of methoxy groups -OCH3 is 1. The second-order valence-corrected chi connectivity index (χ2v) is 5.69. The van der Waals surface area contributed by atoms with Gasteiger partial charge >= 0.3 is 5.97 Å². The van der Waals surface area contributed by atoms with Crippen molar-refractivity contribution in [2.24, 2.45) is 0 Å². The van der Waals surface area contributed by atoms with Gasteiger partial charge in [0.25, 0.3) is 5.91 Å². The van der Waals surface area contributed by atoms with Crippen LogP contribution in [0.5, 0.6) is 5.75 Å². The van der Waals surface area contributed by atoms with E-state index >= 15 is 0 Å². The molecular formula is C18H18N2O4. The molecule has 1 heterocycles.